The highest BCUT2D eigenvalue weighted by atomic mass is 35.5. The molecule has 0 aromatic heterocycles. The number of carboxylic acids is 1. The molecular weight excluding hydrogens is 250 g/mol. The Morgan fingerprint density at radius 2 is 2.17 bits per heavy atom. The highest BCUT2D eigenvalue weighted by Crippen LogP contribution is 2.22. The van der Waals surface area contributed by atoms with Crippen molar-refractivity contribution in [2.45, 2.75) is 37.6 Å². The average molecular weight is 268 g/mol. The second kappa shape index (κ2) is 6.21. The summed E-state index contributed by atoms with van der Waals surface area (Å²) < 4.78 is 0. The minimum absolute atomic E-state index is 0.473. The fraction of sp³-hybridized carbons (Fsp3) is 0.500. The van der Waals surface area contributed by atoms with E-state index in [-0.39, 0.29) is 0 Å². The SMILES string of the molecule is O=C(O)C(CNC1CCCC1)c1cccc(Cl)c1. The molecule has 1 saturated carbocycles. The first kappa shape index (κ1) is 13.4. The standard InChI is InChI=1S/C14H18ClNO2/c15-11-5-3-4-10(8-11)13(14(17)18)9-16-12-6-1-2-7-12/h3-5,8,12-13,16H,1-2,6-7,9H2,(H,17,18). The second-order valence-corrected chi connectivity index (χ2v) is 5.27. The quantitative estimate of drug-likeness (QED) is 0.862. The fourth-order valence-corrected chi connectivity index (χ4v) is 2.68. The summed E-state index contributed by atoms with van der Waals surface area (Å²) in [7, 11) is 0. The highest BCUT2D eigenvalue weighted by Gasteiger charge is 2.22. The van der Waals surface area contributed by atoms with E-state index in [1.807, 2.05) is 6.07 Å². The molecule has 2 rings (SSSR count). The molecule has 1 unspecified atom stereocenters. The maximum Gasteiger partial charge on any atom is 0.312 e. The van der Waals surface area contributed by atoms with Crippen LogP contribution >= 0.6 is 11.6 Å². The largest absolute Gasteiger partial charge is 0.481 e. The van der Waals surface area contributed by atoms with Gasteiger partial charge in [-0.2, -0.15) is 0 Å². The van der Waals surface area contributed by atoms with Gasteiger partial charge in [-0.05, 0) is 30.5 Å². The lowest BCUT2D eigenvalue weighted by molar-refractivity contribution is -0.138. The number of carbonyl (C=O) groups is 1. The second-order valence-electron chi connectivity index (χ2n) is 4.84. The van der Waals surface area contributed by atoms with Gasteiger partial charge in [-0.15, -0.1) is 0 Å². The molecular formula is C14H18ClNO2. The van der Waals surface area contributed by atoms with Gasteiger partial charge in [0.1, 0.15) is 0 Å². The number of nitrogens with one attached hydrogen (secondary N) is 1. The molecule has 0 amide bonds. The maximum absolute atomic E-state index is 11.3. The number of carboxylic acid groups (broad SMARTS) is 1. The molecule has 4 heteroatoms. The Balaban J connectivity index is 2.01. The molecule has 0 heterocycles. The van der Waals surface area contributed by atoms with Crippen LogP contribution in [0.5, 0.6) is 0 Å². The monoisotopic (exact) mass is 267 g/mol. The zero-order valence-corrected chi connectivity index (χ0v) is 11.0. The molecule has 0 radical (unpaired) electrons. The van der Waals surface area contributed by atoms with Crippen LogP contribution in [0.1, 0.15) is 37.2 Å². The summed E-state index contributed by atoms with van der Waals surface area (Å²) in [6.07, 6.45) is 4.79. The summed E-state index contributed by atoms with van der Waals surface area (Å²) in [4.78, 5) is 11.3. The number of benzene rings is 1. The zero-order chi connectivity index (χ0) is 13.0. The molecule has 0 aliphatic heterocycles. The fourth-order valence-electron chi connectivity index (χ4n) is 2.49. The summed E-state index contributed by atoms with van der Waals surface area (Å²) >= 11 is 5.91. The van der Waals surface area contributed by atoms with Crippen molar-refractivity contribution < 1.29 is 9.90 Å². The van der Waals surface area contributed by atoms with Crippen molar-refractivity contribution in [1.29, 1.82) is 0 Å². The van der Waals surface area contributed by atoms with E-state index in [2.05, 4.69) is 5.32 Å². The van der Waals surface area contributed by atoms with E-state index < -0.39 is 11.9 Å². The number of hydrogen-bond donors (Lipinski definition) is 2. The van der Waals surface area contributed by atoms with E-state index in [9.17, 15) is 9.90 Å². The lowest BCUT2D eigenvalue weighted by Crippen LogP contribution is -2.33. The Morgan fingerprint density at radius 3 is 2.78 bits per heavy atom. The topological polar surface area (TPSA) is 49.3 Å². The van der Waals surface area contributed by atoms with E-state index >= 15 is 0 Å². The van der Waals surface area contributed by atoms with Crippen molar-refractivity contribution in [3.63, 3.8) is 0 Å². The third-order valence-corrected chi connectivity index (χ3v) is 3.75. The number of hydrogen-bond acceptors (Lipinski definition) is 2. The Labute approximate surface area is 112 Å². The van der Waals surface area contributed by atoms with Crippen molar-refractivity contribution in [2.75, 3.05) is 6.54 Å². The lowest BCUT2D eigenvalue weighted by Gasteiger charge is -2.17. The van der Waals surface area contributed by atoms with Crippen LogP contribution in [0, 0.1) is 0 Å². The summed E-state index contributed by atoms with van der Waals surface area (Å²) in [6, 6.07) is 7.58. The lowest BCUT2D eigenvalue weighted by atomic mass is 9.99. The number of aliphatic carboxylic acids is 1. The van der Waals surface area contributed by atoms with Gasteiger partial charge in [0.2, 0.25) is 0 Å². The molecule has 0 spiro atoms. The van der Waals surface area contributed by atoms with E-state index in [1.165, 1.54) is 12.8 Å². The molecule has 0 bridgehead atoms. The first-order valence-corrected chi connectivity index (χ1v) is 6.76. The van der Waals surface area contributed by atoms with Crippen LogP contribution in [0.4, 0.5) is 0 Å². The van der Waals surface area contributed by atoms with Crippen LogP contribution < -0.4 is 5.32 Å². The number of halogens is 1. The van der Waals surface area contributed by atoms with Gasteiger partial charge in [0, 0.05) is 17.6 Å². The molecule has 1 aliphatic rings. The Bertz CT molecular complexity index is 416. The molecule has 0 saturated heterocycles. The normalized spacial score (nSPS) is 17.8. The van der Waals surface area contributed by atoms with E-state index in [4.69, 9.17) is 11.6 Å². The number of rotatable bonds is 5. The highest BCUT2D eigenvalue weighted by molar-refractivity contribution is 6.30. The van der Waals surface area contributed by atoms with Gasteiger partial charge in [-0.3, -0.25) is 4.79 Å². The van der Waals surface area contributed by atoms with Gasteiger partial charge in [0.15, 0.2) is 0 Å². The molecule has 98 valence electrons. The van der Waals surface area contributed by atoms with E-state index in [0.29, 0.717) is 17.6 Å². The smallest absolute Gasteiger partial charge is 0.312 e. The predicted octanol–water partition coefficient (Wildman–Crippen LogP) is 3.04. The minimum atomic E-state index is -0.803. The molecule has 1 fully saturated rings. The van der Waals surface area contributed by atoms with Crippen molar-refractivity contribution >= 4 is 17.6 Å². The Morgan fingerprint density at radius 1 is 1.44 bits per heavy atom. The first-order valence-electron chi connectivity index (χ1n) is 6.38. The van der Waals surface area contributed by atoms with Gasteiger partial charge < -0.3 is 10.4 Å². The van der Waals surface area contributed by atoms with Crippen LogP contribution in [-0.4, -0.2) is 23.7 Å². The third-order valence-electron chi connectivity index (χ3n) is 3.51. The van der Waals surface area contributed by atoms with Gasteiger partial charge >= 0.3 is 5.97 Å². The summed E-state index contributed by atoms with van der Waals surface area (Å²) in [5.41, 5.74) is 0.764. The van der Waals surface area contributed by atoms with Crippen molar-refractivity contribution in [2.24, 2.45) is 0 Å². The first-order chi connectivity index (χ1) is 8.66. The molecule has 1 aliphatic carbocycles. The molecule has 1 aromatic rings. The summed E-state index contributed by atoms with van der Waals surface area (Å²) in [5.74, 6) is -1.33. The van der Waals surface area contributed by atoms with Gasteiger partial charge in [0.25, 0.3) is 0 Å². The van der Waals surface area contributed by atoms with Crippen LogP contribution in [0.15, 0.2) is 24.3 Å². The molecule has 1 aromatic carbocycles. The zero-order valence-electron chi connectivity index (χ0n) is 10.2. The van der Waals surface area contributed by atoms with Crippen molar-refractivity contribution in [3.05, 3.63) is 34.9 Å². The predicted molar refractivity (Wildman–Crippen MR) is 72.1 cm³/mol. The summed E-state index contributed by atoms with van der Waals surface area (Å²) in [6.45, 7) is 0.473. The van der Waals surface area contributed by atoms with Gasteiger partial charge in [-0.1, -0.05) is 36.6 Å². The molecule has 3 nitrogen and oxygen atoms in total. The summed E-state index contributed by atoms with van der Waals surface area (Å²) in [5, 5.41) is 13.2. The third kappa shape index (κ3) is 3.47. The van der Waals surface area contributed by atoms with Gasteiger partial charge in [0.05, 0.1) is 5.92 Å². The van der Waals surface area contributed by atoms with E-state index in [0.717, 1.165) is 18.4 Å². The molecule has 18 heavy (non-hydrogen) atoms. The Kier molecular flexibility index (Phi) is 4.61. The van der Waals surface area contributed by atoms with Gasteiger partial charge in [-0.25, -0.2) is 0 Å². The van der Waals surface area contributed by atoms with Crippen LogP contribution in [-0.2, 0) is 4.79 Å². The van der Waals surface area contributed by atoms with Crippen molar-refractivity contribution in [3.8, 4) is 0 Å². The van der Waals surface area contributed by atoms with Crippen LogP contribution in [0.25, 0.3) is 0 Å². The van der Waals surface area contributed by atoms with Crippen LogP contribution in [0.3, 0.4) is 0 Å². The maximum atomic E-state index is 11.3. The van der Waals surface area contributed by atoms with Crippen molar-refractivity contribution in [1.82, 2.24) is 5.32 Å². The van der Waals surface area contributed by atoms with E-state index in [1.54, 1.807) is 18.2 Å². The molecule has 1 atom stereocenters. The average Bonchev–Trinajstić information content (AvgIpc) is 2.82. The van der Waals surface area contributed by atoms with Crippen LogP contribution in [0.2, 0.25) is 5.02 Å². The minimum Gasteiger partial charge on any atom is -0.481 e. The molecule has 2 N–H and O–H groups in total. The Hall–Kier alpha value is -1.06.